The largest absolute Gasteiger partial charge is 0.492 e. The molecule has 6 heteroatoms. The third-order valence-electron chi connectivity index (χ3n) is 3.15. The van der Waals surface area contributed by atoms with Crippen LogP contribution in [0, 0.1) is 0 Å². The third kappa shape index (κ3) is 3.48. The first-order valence-corrected chi connectivity index (χ1v) is 6.65. The summed E-state index contributed by atoms with van der Waals surface area (Å²) in [5.41, 5.74) is 0.794. The molecule has 1 aromatic rings. The van der Waals surface area contributed by atoms with Gasteiger partial charge in [-0.05, 0) is 18.4 Å². The van der Waals surface area contributed by atoms with E-state index in [1.165, 1.54) is 21.3 Å². The Morgan fingerprint density at radius 1 is 1.10 bits per heavy atom. The van der Waals surface area contributed by atoms with E-state index in [-0.39, 0.29) is 12.5 Å². The monoisotopic (exact) mass is 304 g/mol. The lowest BCUT2D eigenvalue weighted by Gasteiger charge is -2.22. The second-order valence-corrected chi connectivity index (χ2v) is 4.93. The average Bonchev–Trinajstić information content (AvgIpc) is 2.45. The van der Waals surface area contributed by atoms with E-state index in [1.807, 2.05) is 6.92 Å². The quantitative estimate of drug-likeness (QED) is 0.808. The number of rotatable bonds is 7. The predicted octanol–water partition coefficient (Wildman–Crippen LogP) is 2.21. The van der Waals surface area contributed by atoms with Crippen molar-refractivity contribution in [2.24, 2.45) is 0 Å². The van der Waals surface area contributed by atoms with Crippen LogP contribution < -0.4 is 14.2 Å². The minimum Gasteiger partial charge on any atom is -0.492 e. The van der Waals surface area contributed by atoms with E-state index in [0.29, 0.717) is 28.7 Å². The zero-order valence-electron chi connectivity index (χ0n) is 12.1. The lowest BCUT2D eigenvalue weighted by molar-refractivity contribution is 0.0833. The molecule has 114 valence electrons. The van der Waals surface area contributed by atoms with Crippen LogP contribution in [0.2, 0.25) is 5.02 Å². The van der Waals surface area contributed by atoms with Gasteiger partial charge in [0.05, 0.1) is 39.1 Å². The molecule has 2 atom stereocenters. The Balaban J connectivity index is 3.28. The minimum atomic E-state index is -0.790. The van der Waals surface area contributed by atoms with Crippen LogP contribution in [0.5, 0.6) is 17.2 Å². The summed E-state index contributed by atoms with van der Waals surface area (Å²) < 4.78 is 15.9. The van der Waals surface area contributed by atoms with Crippen LogP contribution in [0.4, 0.5) is 0 Å². The number of aliphatic hydroxyl groups excluding tert-OH is 2. The van der Waals surface area contributed by atoms with E-state index in [0.717, 1.165) is 5.56 Å². The number of aliphatic hydroxyl groups is 2. The van der Waals surface area contributed by atoms with Gasteiger partial charge in [0.25, 0.3) is 0 Å². The zero-order valence-corrected chi connectivity index (χ0v) is 12.9. The van der Waals surface area contributed by atoms with Gasteiger partial charge in [0.15, 0.2) is 11.5 Å². The standard InChI is InChI=1S/C14H21ClO5/c1-8(5-9(17)7-16)10-6-11(15)13(19-3)14(20-4)12(10)18-2/h6,8-9,16-17H,5,7H2,1-4H3. The molecule has 0 radical (unpaired) electrons. The van der Waals surface area contributed by atoms with Gasteiger partial charge in [-0.25, -0.2) is 0 Å². The summed E-state index contributed by atoms with van der Waals surface area (Å²) in [5.74, 6) is 1.28. The van der Waals surface area contributed by atoms with Crippen molar-refractivity contribution < 1.29 is 24.4 Å². The highest BCUT2D eigenvalue weighted by molar-refractivity contribution is 6.32. The molecule has 0 heterocycles. The third-order valence-corrected chi connectivity index (χ3v) is 3.43. The van der Waals surface area contributed by atoms with Crippen LogP contribution in [0.1, 0.15) is 24.8 Å². The van der Waals surface area contributed by atoms with Crippen molar-refractivity contribution >= 4 is 11.6 Å². The van der Waals surface area contributed by atoms with Gasteiger partial charge in [0.1, 0.15) is 0 Å². The lowest BCUT2D eigenvalue weighted by atomic mass is 9.93. The van der Waals surface area contributed by atoms with Gasteiger partial charge in [0, 0.05) is 5.56 Å². The van der Waals surface area contributed by atoms with E-state index < -0.39 is 6.10 Å². The van der Waals surface area contributed by atoms with Gasteiger partial charge in [-0.2, -0.15) is 0 Å². The Morgan fingerprint density at radius 2 is 1.65 bits per heavy atom. The number of ether oxygens (including phenoxy) is 3. The van der Waals surface area contributed by atoms with Crippen molar-refractivity contribution in [3.05, 3.63) is 16.7 Å². The van der Waals surface area contributed by atoms with Crippen molar-refractivity contribution in [2.45, 2.75) is 25.4 Å². The number of hydrogen-bond acceptors (Lipinski definition) is 5. The molecule has 0 aliphatic rings. The number of hydrogen-bond donors (Lipinski definition) is 2. The summed E-state index contributed by atoms with van der Waals surface area (Å²) in [6.07, 6.45) is -0.403. The van der Waals surface area contributed by atoms with Crippen LogP contribution >= 0.6 is 11.6 Å². The van der Waals surface area contributed by atoms with Crippen LogP contribution in [-0.4, -0.2) is 44.3 Å². The van der Waals surface area contributed by atoms with Crippen molar-refractivity contribution in [1.29, 1.82) is 0 Å². The second-order valence-electron chi connectivity index (χ2n) is 4.52. The topological polar surface area (TPSA) is 68.2 Å². The molecule has 0 bridgehead atoms. The molecule has 0 saturated heterocycles. The minimum absolute atomic E-state index is 0.0654. The Hall–Kier alpha value is -1.17. The molecule has 0 aliphatic heterocycles. The van der Waals surface area contributed by atoms with Crippen molar-refractivity contribution in [1.82, 2.24) is 0 Å². The van der Waals surface area contributed by atoms with Gasteiger partial charge in [-0.15, -0.1) is 0 Å². The highest BCUT2D eigenvalue weighted by Crippen LogP contribution is 2.47. The second kappa shape index (κ2) is 7.57. The molecule has 1 aromatic carbocycles. The maximum Gasteiger partial charge on any atom is 0.205 e. The summed E-state index contributed by atoms with van der Waals surface area (Å²) in [6.45, 7) is 1.63. The fourth-order valence-corrected chi connectivity index (χ4v) is 2.45. The Kier molecular flexibility index (Phi) is 6.39. The molecule has 0 aliphatic carbocycles. The van der Waals surface area contributed by atoms with Gasteiger partial charge < -0.3 is 24.4 Å². The molecular formula is C14H21ClO5. The maximum atomic E-state index is 9.57. The van der Waals surface area contributed by atoms with E-state index in [4.69, 9.17) is 30.9 Å². The molecule has 2 N–H and O–H groups in total. The summed E-state index contributed by atoms with van der Waals surface area (Å²) >= 11 is 6.18. The molecule has 0 fully saturated rings. The van der Waals surface area contributed by atoms with E-state index in [9.17, 15) is 5.11 Å². The first-order chi connectivity index (χ1) is 9.49. The fraction of sp³-hybridized carbons (Fsp3) is 0.571. The summed E-state index contributed by atoms with van der Waals surface area (Å²) in [4.78, 5) is 0. The number of methoxy groups -OCH3 is 3. The first-order valence-electron chi connectivity index (χ1n) is 6.27. The molecule has 0 aromatic heterocycles. The lowest BCUT2D eigenvalue weighted by Crippen LogP contribution is -2.15. The van der Waals surface area contributed by atoms with Gasteiger partial charge in [-0.1, -0.05) is 18.5 Å². The van der Waals surface area contributed by atoms with Crippen molar-refractivity contribution in [3.63, 3.8) is 0 Å². The van der Waals surface area contributed by atoms with E-state index in [1.54, 1.807) is 6.07 Å². The average molecular weight is 305 g/mol. The van der Waals surface area contributed by atoms with E-state index >= 15 is 0 Å². The summed E-state index contributed by atoms with van der Waals surface area (Å²) in [7, 11) is 4.54. The smallest absolute Gasteiger partial charge is 0.205 e. The van der Waals surface area contributed by atoms with Crippen molar-refractivity contribution in [3.8, 4) is 17.2 Å². The van der Waals surface area contributed by atoms with Crippen LogP contribution in [0.15, 0.2) is 6.07 Å². The Morgan fingerprint density at radius 3 is 2.10 bits per heavy atom. The molecule has 2 unspecified atom stereocenters. The molecule has 1 rings (SSSR count). The molecule has 0 amide bonds. The van der Waals surface area contributed by atoms with Gasteiger partial charge in [-0.3, -0.25) is 0 Å². The molecular weight excluding hydrogens is 284 g/mol. The summed E-state index contributed by atoms with van der Waals surface area (Å²) in [6, 6.07) is 1.73. The highest BCUT2D eigenvalue weighted by atomic mass is 35.5. The normalized spacial score (nSPS) is 13.8. The van der Waals surface area contributed by atoms with Gasteiger partial charge in [0.2, 0.25) is 5.75 Å². The molecule has 20 heavy (non-hydrogen) atoms. The Labute approximate surface area is 124 Å². The number of halogens is 1. The fourth-order valence-electron chi connectivity index (χ4n) is 2.17. The molecule has 5 nitrogen and oxygen atoms in total. The molecule has 0 saturated carbocycles. The van der Waals surface area contributed by atoms with Crippen LogP contribution in [0.25, 0.3) is 0 Å². The van der Waals surface area contributed by atoms with Crippen LogP contribution in [-0.2, 0) is 0 Å². The van der Waals surface area contributed by atoms with Crippen LogP contribution in [0.3, 0.4) is 0 Å². The predicted molar refractivity (Wildman–Crippen MR) is 77.2 cm³/mol. The maximum absolute atomic E-state index is 9.57. The van der Waals surface area contributed by atoms with Crippen molar-refractivity contribution in [2.75, 3.05) is 27.9 Å². The SMILES string of the molecule is COc1c(Cl)cc(C(C)CC(O)CO)c(OC)c1OC. The summed E-state index contributed by atoms with van der Waals surface area (Å²) in [5, 5.41) is 18.9. The molecule has 0 spiro atoms. The van der Waals surface area contributed by atoms with Gasteiger partial charge >= 0.3 is 0 Å². The zero-order chi connectivity index (χ0) is 15.3. The Bertz CT molecular complexity index is 450. The number of benzene rings is 1. The highest BCUT2D eigenvalue weighted by Gasteiger charge is 2.24. The first kappa shape index (κ1) is 16.9. The van der Waals surface area contributed by atoms with E-state index in [2.05, 4.69) is 0 Å².